The molecule has 2 rings (SSSR count). The van der Waals surface area contributed by atoms with Crippen molar-refractivity contribution in [2.24, 2.45) is 0 Å². The van der Waals surface area contributed by atoms with E-state index in [9.17, 15) is 5.11 Å². The van der Waals surface area contributed by atoms with Crippen molar-refractivity contribution >= 4 is 11.4 Å². The first kappa shape index (κ1) is 13.6. The van der Waals surface area contributed by atoms with Crippen molar-refractivity contribution in [1.29, 1.82) is 0 Å². The highest BCUT2D eigenvalue weighted by Crippen LogP contribution is 2.28. The van der Waals surface area contributed by atoms with Gasteiger partial charge in [-0.25, -0.2) is 0 Å². The lowest BCUT2D eigenvalue weighted by Crippen LogP contribution is -2.17. The molecule has 1 N–H and O–H groups in total. The molecule has 2 nitrogen and oxygen atoms in total. The average molecular weight is 255 g/mol. The van der Waals surface area contributed by atoms with Gasteiger partial charge in [-0.1, -0.05) is 30.3 Å². The van der Waals surface area contributed by atoms with Crippen LogP contribution in [0.25, 0.3) is 0 Å². The molecule has 0 saturated heterocycles. The van der Waals surface area contributed by atoms with E-state index in [0.717, 1.165) is 17.8 Å². The number of para-hydroxylation sites is 1. The molecule has 0 radical (unpaired) electrons. The third kappa shape index (κ3) is 2.96. The van der Waals surface area contributed by atoms with Crippen LogP contribution in [0.5, 0.6) is 0 Å². The van der Waals surface area contributed by atoms with Crippen molar-refractivity contribution in [3.05, 3.63) is 59.7 Å². The van der Waals surface area contributed by atoms with Crippen LogP contribution < -0.4 is 4.90 Å². The van der Waals surface area contributed by atoms with Crippen molar-refractivity contribution in [2.45, 2.75) is 26.9 Å². The van der Waals surface area contributed by atoms with Gasteiger partial charge in [0, 0.05) is 17.9 Å². The van der Waals surface area contributed by atoms with E-state index in [0.29, 0.717) is 0 Å². The molecule has 0 spiro atoms. The molecule has 19 heavy (non-hydrogen) atoms. The first-order valence-corrected chi connectivity index (χ1v) is 6.74. The summed E-state index contributed by atoms with van der Waals surface area (Å²) in [6.45, 7) is 6.98. The SMILES string of the molecule is CCN(c1ccc(C(C)O)cc1)c1ccccc1C. The van der Waals surface area contributed by atoms with Gasteiger partial charge in [-0.3, -0.25) is 0 Å². The second kappa shape index (κ2) is 5.89. The molecule has 0 saturated carbocycles. The summed E-state index contributed by atoms with van der Waals surface area (Å²) < 4.78 is 0. The number of aliphatic hydroxyl groups is 1. The summed E-state index contributed by atoms with van der Waals surface area (Å²) in [5, 5.41) is 9.56. The predicted molar refractivity (Wildman–Crippen MR) is 80.9 cm³/mol. The van der Waals surface area contributed by atoms with Crippen LogP contribution in [0.15, 0.2) is 48.5 Å². The number of benzene rings is 2. The van der Waals surface area contributed by atoms with Gasteiger partial charge in [-0.2, -0.15) is 0 Å². The Hall–Kier alpha value is -1.80. The standard InChI is InChI=1S/C17H21NO/c1-4-18(17-8-6-5-7-13(17)2)16-11-9-15(10-12-16)14(3)19/h5-12,14,19H,4H2,1-3H3. The summed E-state index contributed by atoms with van der Waals surface area (Å²) in [6, 6.07) is 16.5. The predicted octanol–water partition coefficient (Wildman–Crippen LogP) is 4.21. The van der Waals surface area contributed by atoms with E-state index < -0.39 is 6.10 Å². The van der Waals surface area contributed by atoms with Crippen molar-refractivity contribution in [3.8, 4) is 0 Å². The Labute approximate surface area is 115 Å². The lowest BCUT2D eigenvalue weighted by atomic mass is 10.1. The number of hydrogen-bond donors (Lipinski definition) is 1. The van der Waals surface area contributed by atoms with Crippen molar-refractivity contribution in [3.63, 3.8) is 0 Å². The molecule has 1 atom stereocenters. The third-order valence-electron chi connectivity index (χ3n) is 3.41. The Balaban J connectivity index is 2.35. The Kier molecular flexibility index (Phi) is 4.23. The Morgan fingerprint density at radius 2 is 1.68 bits per heavy atom. The number of aryl methyl sites for hydroxylation is 1. The Morgan fingerprint density at radius 3 is 2.21 bits per heavy atom. The summed E-state index contributed by atoms with van der Waals surface area (Å²) in [4.78, 5) is 2.28. The van der Waals surface area contributed by atoms with Gasteiger partial charge in [0.25, 0.3) is 0 Å². The smallest absolute Gasteiger partial charge is 0.0761 e. The molecule has 0 aliphatic heterocycles. The summed E-state index contributed by atoms with van der Waals surface area (Å²) in [5.74, 6) is 0. The lowest BCUT2D eigenvalue weighted by Gasteiger charge is -2.25. The fourth-order valence-electron chi connectivity index (χ4n) is 2.29. The van der Waals surface area contributed by atoms with E-state index in [1.165, 1.54) is 11.3 Å². The van der Waals surface area contributed by atoms with Gasteiger partial charge in [-0.15, -0.1) is 0 Å². The van der Waals surface area contributed by atoms with Crippen LogP contribution >= 0.6 is 0 Å². The zero-order valence-electron chi connectivity index (χ0n) is 11.8. The van der Waals surface area contributed by atoms with Crippen LogP contribution in [0.3, 0.4) is 0 Å². The quantitative estimate of drug-likeness (QED) is 0.884. The van der Waals surface area contributed by atoms with E-state index in [1.54, 1.807) is 6.92 Å². The van der Waals surface area contributed by atoms with E-state index in [2.05, 4.69) is 55.1 Å². The maximum atomic E-state index is 9.56. The molecule has 2 aromatic carbocycles. The fraction of sp³-hybridized carbons (Fsp3) is 0.294. The molecule has 0 aliphatic carbocycles. The molecule has 0 fully saturated rings. The van der Waals surface area contributed by atoms with Crippen LogP contribution in [0.1, 0.15) is 31.1 Å². The summed E-state index contributed by atoms with van der Waals surface area (Å²) in [5.41, 5.74) is 4.60. The first-order valence-electron chi connectivity index (χ1n) is 6.74. The Morgan fingerprint density at radius 1 is 1.05 bits per heavy atom. The molecule has 0 heterocycles. The minimum Gasteiger partial charge on any atom is -0.389 e. The molecule has 100 valence electrons. The minimum absolute atomic E-state index is 0.414. The largest absolute Gasteiger partial charge is 0.389 e. The van der Waals surface area contributed by atoms with Gasteiger partial charge in [0.1, 0.15) is 0 Å². The zero-order valence-corrected chi connectivity index (χ0v) is 11.8. The monoisotopic (exact) mass is 255 g/mol. The second-order valence-corrected chi connectivity index (χ2v) is 4.80. The van der Waals surface area contributed by atoms with Crippen LogP contribution in [-0.2, 0) is 0 Å². The molecule has 0 amide bonds. The zero-order chi connectivity index (χ0) is 13.8. The highest BCUT2D eigenvalue weighted by atomic mass is 16.3. The molecular formula is C17H21NO. The normalized spacial score (nSPS) is 12.2. The number of hydrogen-bond acceptors (Lipinski definition) is 2. The first-order chi connectivity index (χ1) is 9.13. The second-order valence-electron chi connectivity index (χ2n) is 4.80. The van der Waals surface area contributed by atoms with Gasteiger partial charge in [0.15, 0.2) is 0 Å². The van der Waals surface area contributed by atoms with E-state index >= 15 is 0 Å². The van der Waals surface area contributed by atoms with E-state index in [1.807, 2.05) is 12.1 Å². The number of anilines is 2. The van der Waals surface area contributed by atoms with Gasteiger partial charge in [0.2, 0.25) is 0 Å². The summed E-state index contributed by atoms with van der Waals surface area (Å²) in [6.07, 6.45) is -0.414. The molecule has 2 heteroatoms. The Bertz CT molecular complexity index is 531. The maximum Gasteiger partial charge on any atom is 0.0761 e. The molecular weight excluding hydrogens is 234 g/mol. The molecule has 2 aromatic rings. The van der Waals surface area contributed by atoms with Gasteiger partial charge in [-0.05, 0) is 50.1 Å². The van der Waals surface area contributed by atoms with Crippen LogP contribution in [0, 0.1) is 6.92 Å². The maximum absolute atomic E-state index is 9.56. The number of aliphatic hydroxyl groups excluding tert-OH is 1. The van der Waals surface area contributed by atoms with Crippen molar-refractivity contribution in [2.75, 3.05) is 11.4 Å². The summed E-state index contributed by atoms with van der Waals surface area (Å²) in [7, 11) is 0. The highest BCUT2D eigenvalue weighted by molar-refractivity contribution is 5.66. The van der Waals surface area contributed by atoms with Crippen LogP contribution in [-0.4, -0.2) is 11.7 Å². The van der Waals surface area contributed by atoms with E-state index in [-0.39, 0.29) is 0 Å². The third-order valence-corrected chi connectivity index (χ3v) is 3.41. The number of nitrogens with zero attached hydrogens (tertiary/aromatic N) is 1. The number of rotatable bonds is 4. The lowest BCUT2D eigenvalue weighted by molar-refractivity contribution is 0.199. The molecule has 1 unspecified atom stereocenters. The molecule has 0 aromatic heterocycles. The molecule has 0 bridgehead atoms. The van der Waals surface area contributed by atoms with Gasteiger partial charge >= 0.3 is 0 Å². The topological polar surface area (TPSA) is 23.5 Å². The van der Waals surface area contributed by atoms with Crippen molar-refractivity contribution < 1.29 is 5.11 Å². The van der Waals surface area contributed by atoms with Gasteiger partial charge < -0.3 is 10.0 Å². The van der Waals surface area contributed by atoms with Crippen molar-refractivity contribution in [1.82, 2.24) is 0 Å². The van der Waals surface area contributed by atoms with E-state index in [4.69, 9.17) is 0 Å². The minimum atomic E-state index is -0.414. The highest BCUT2D eigenvalue weighted by Gasteiger charge is 2.09. The summed E-state index contributed by atoms with van der Waals surface area (Å²) >= 11 is 0. The average Bonchev–Trinajstić information content (AvgIpc) is 2.42. The van der Waals surface area contributed by atoms with Gasteiger partial charge in [0.05, 0.1) is 6.10 Å². The van der Waals surface area contributed by atoms with Crippen LogP contribution in [0.2, 0.25) is 0 Å². The fourth-order valence-corrected chi connectivity index (χ4v) is 2.29. The molecule has 0 aliphatic rings. The van der Waals surface area contributed by atoms with Crippen LogP contribution in [0.4, 0.5) is 11.4 Å².